The number of carbonyl (C=O) groups excluding carboxylic acids is 1. The first-order valence-corrected chi connectivity index (χ1v) is 7.14. The van der Waals surface area contributed by atoms with Gasteiger partial charge in [-0.2, -0.15) is 0 Å². The number of hydrogen-bond donors (Lipinski definition) is 2. The highest BCUT2D eigenvalue weighted by atomic mass is 32.1. The van der Waals surface area contributed by atoms with Crippen molar-refractivity contribution in [3.63, 3.8) is 0 Å². The van der Waals surface area contributed by atoms with E-state index in [4.69, 9.17) is 5.73 Å². The van der Waals surface area contributed by atoms with E-state index < -0.39 is 0 Å². The van der Waals surface area contributed by atoms with E-state index in [1.165, 1.54) is 11.1 Å². The fourth-order valence-corrected chi connectivity index (χ4v) is 2.73. The summed E-state index contributed by atoms with van der Waals surface area (Å²) in [5, 5.41) is 5.06. The average molecular weight is 275 g/mol. The smallest absolute Gasteiger partial charge is 0.253 e. The number of aromatic nitrogens is 1. The summed E-state index contributed by atoms with van der Waals surface area (Å²) in [5.74, 6) is -0.147. The van der Waals surface area contributed by atoms with Crippen LogP contribution in [0.1, 0.15) is 41.0 Å². The van der Waals surface area contributed by atoms with Gasteiger partial charge in [0.15, 0.2) is 0 Å². The normalized spacial score (nSPS) is 12.1. The second-order valence-electron chi connectivity index (χ2n) is 4.29. The van der Waals surface area contributed by atoms with Crippen molar-refractivity contribution < 1.29 is 4.79 Å². The largest absolute Gasteiger partial charge is 0.397 e. The van der Waals surface area contributed by atoms with Gasteiger partial charge < -0.3 is 11.1 Å². The lowest BCUT2D eigenvalue weighted by atomic mass is 10.1. The summed E-state index contributed by atoms with van der Waals surface area (Å²) in [6, 6.07) is 5.73. The summed E-state index contributed by atoms with van der Waals surface area (Å²) < 4.78 is 0. The third-order valence-electron chi connectivity index (χ3n) is 2.87. The first-order valence-electron chi connectivity index (χ1n) is 6.26. The number of anilines is 1. The number of hydrogen-bond acceptors (Lipinski definition) is 4. The molecule has 0 fully saturated rings. The molecule has 0 saturated carbocycles. The summed E-state index contributed by atoms with van der Waals surface area (Å²) in [6.45, 7) is 2.10. The number of amides is 1. The van der Waals surface area contributed by atoms with Gasteiger partial charge in [-0.3, -0.25) is 9.78 Å². The summed E-state index contributed by atoms with van der Waals surface area (Å²) >= 11 is 1.65. The number of pyridine rings is 1. The molecule has 0 aliphatic carbocycles. The van der Waals surface area contributed by atoms with Crippen molar-refractivity contribution >= 4 is 22.9 Å². The SMILES string of the molecule is CCCC(NC(=O)c1ccncc1N)c1cccs1. The summed E-state index contributed by atoms with van der Waals surface area (Å²) in [6.07, 6.45) is 4.99. The van der Waals surface area contributed by atoms with E-state index in [9.17, 15) is 4.79 Å². The molecule has 0 spiro atoms. The van der Waals surface area contributed by atoms with Gasteiger partial charge in [0.1, 0.15) is 0 Å². The average Bonchev–Trinajstić information content (AvgIpc) is 2.92. The molecule has 2 aromatic rings. The van der Waals surface area contributed by atoms with Crippen molar-refractivity contribution in [1.29, 1.82) is 0 Å². The molecule has 19 heavy (non-hydrogen) atoms. The Kier molecular flexibility index (Phi) is 4.52. The van der Waals surface area contributed by atoms with Crippen molar-refractivity contribution in [2.24, 2.45) is 0 Å². The monoisotopic (exact) mass is 275 g/mol. The molecule has 1 unspecified atom stereocenters. The van der Waals surface area contributed by atoms with E-state index in [-0.39, 0.29) is 11.9 Å². The second-order valence-corrected chi connectivity index (χ2v) is 5.27. The van der Waals surface area contributed by atoms with E-state index >= 15 is 0 Å². The minimum absolute atomic E-state index is 0.0464. The van der Waals surface area contributed by atoms with Crippen LogP contribution < -0.4 is 11.1 Å². The summed E-state index contributed by atoms with van der Waals surface area (Å²) in [5.41, 5.74) is 6.65. The third kappa shape index (κ3) is 3.32. The fourth-order valence-electron chi connectivity index (χ4n) is 1.91. The molecule has 5 heteroatoms. The molecule has 100 valence electrons. The minimum atomic E-state index is -0.147. The molecule has 0 radical (unpaired) electrons. The van der Waals surface area contributed by atoms with Crippen molar-refractivity contribution in [2.75, 3.05) is 5.73 Å². The lowest BCUT2D eigenvalue weighted by Crippen LogP contribution is -2.28. The molecular formula is C14H17N3OS. The van der Waals surface area contributed by atoms with E-state index in [2.05, 4.69) is 17.2 Å². The molecular weight excluding hydrogens is 258 g/mol. The Morgan fingerprint density at radius 3 is 3.00 bits per heavy atom. The Bertz CT molecular complexity index is 539. The predicted octanol–water partition coefficient (Wildman–Crippen LogP) is 3.00. The molecule has 2 rings (SSSR count). The van der Waals surface area contributed by atoms with E-state index in [1.807, 2.05) is 17.5 Å². The summed E-state index contributed by atoms with van der Waals surface area (Å²) in [7, 11) is 0. The molecule has 0 bridgehead atoms. The van der Waals surface area contributed by atoms with Crippen LogP contribution in [-0.4, -0.2) is 10.9 Å². The minimum Gasteiger partial charge on any atom is -0.397 e. The highest BCUT2D eigenvalue weighted by molar-refractivity contribution is 7.10. The molecule has 4 nitrogen and oxygen atoms in total. The van der Waals surface area contributed by atoms with Crippen LogP contribution in [0.15, 0.2) is 36.0 Å². The molecule has 0 aliphatic heterocycles. The van der Waals surface area contributed by atoms with Gasteiger partial charge >= 0.3 is 0 Å². The molecule has 0 aromatic carbocycles. The van der Waals surface area contributed by atoms with Crippen LogP contribution in [0.3, 0.4) is 0 Å². The zero-order chi connectivity index (χ0) is 13.7. The van der Waals surface area contributed by atoms with Gasteiger partial charge in [0.2, 0.25) is 0 Å². The van der Waals surface area contributed by atoms with Crippen LogP contribution >= 0.6 is 11.3 Å². The molecule has 2 aromatic heterocycles. The van der Waals surface area contributed by atoms with Gasteiger partial charge in [0.05, 0.1) is 23.5 Å². The van der Waals surface area contributed by atoms with Gasteiger partial charge in [0, 0.05) is 11.1 Å². The quantitative estimate of drug-likeness (QED) is 0.881. The van der Waals surface area contributed by atoms with Crippen LogP contribution in [0, 0.1) is 0 Å². The highest BCUT2D eigenvalue weighted by Gasteiger charge is 2.17. The molecule has 0 saturated heterocycles. The topological polar surface area (TPSA) is 68.0 Å². The van der Waals surface area contributed by atoms with E-state index in [0.29, 0.717) is 11.3 Å². The summed E-state index contributed by atoms with van der Waals surface area (Å²) in [4.78, 5) is 17.3. The zero-order valence-electron chi connectivity index (χ0n) is 10.8. The fraction of sp³-hybridized carbons (Fsp3) is 0.286. The van der Waals surface area contributed by atoms with E-state index in [0.717, 1.165) is 12.8 Å². The van der Waals surface area contributed by atoms with Gasteiger partial charge in [-0.1, -0.05) is 19.4 Å². The number of nitrogens with zero attached hydrogens (tertiary/aromatic N) is 1. The maximum atomic E-state index is 12.2. The van der Waals surface area contributed by atoms with Crippen molar-refractivity contribution in [3.05, 3.63) is 46.4 Å². The Hall–Kier alpha value is -1.88. The number of rotatable bonds is 5. The Morgan fingerprint density at radius 2 is 2.37 bits per heavy atom. The van der Waals surface area contributed by atoms with Gasteiger partial charge in [-0.15, -0.1) is 11.3 Å². The molecule has 1 atom stereocenters. The van der Waals surface area contributed by atoms with Gasteiger partial charge in [0.25, 0.3) is 5.91 Å². The van der Waals surface area contributed by atoms with Crippen molar-refractivity contribution in [1.82, 2.24) is 10.3 Å². The lowest BCUT2D eigenvalue weighted by Gasteiger charge is -2.17. The Morgan fingerprint density at radius 1 is 1.53 bits per heavy atom. The number of nitrogens with two attached hydrogens (primary N) is 1. The maximum Gasteiger partial charge on any atom is 0.253 e. The number of thiophene rings is 1. The number of carbonyl (C=O) groups is 1. The van der Waals surface area contributed by atoms with Gasteiger partial charge in [-0.25, -0.2) is 0 Å². The lowest BCUT2D eigenvalue weighted by molar-refractivity contribution is 0.0936. The Balaban J connectivity index is 2.14. The third-order valence-corrected chi connectivity index (χ3v) is 3.85. The van der Waals surface area contributed by atoms with Crippen molar-refractivity contribution in [2.45, 2.75) is 25.8 Å². The molecule has 2 heterocycles. The zero-order valence-corrected chi connectivity index (χ0v) is 11.6. The number of nitrogens with one attached hydrogen (secondary N) is 1. The first kappa shape index (κ1) is 13.5. The predicted molar refractivity (Wildman–Crippen MR) is 78.1 cm³/mol. The second kappa shape index (κ2) is 6.33. The van der Waals surface area contributed by atoms with Crippen LogP contribution in [0.2, 0.25) is 0 Å². The van der Waals surface area contributed by atoms with Crippen LogP contribution in [-0.2, 0) is 0 Å². The van der Waals surface area contributed by atoms with Crippen LogP contribution in [0.4, 0.5) is 5.69 Å². The molecule has 1 amide bonds. The van der Waals surface area contributed by atoms with Crippen LogP contribution in [0.5, 0.6) is 0 Å². The molecule has 3 N–H and O–H groups in total. The number of nitrogen functional groups attached to an aromatic ring is 1. The van der Waals surface area contributed by atoms with E-state index in [1.54, 1.807) is 23.6 Å². The molecule has 0 aliphatic rings. The standard InChI is InChI=1S/C14H17N3OS/c1-2-4-12(13-5-3-8-19-13)17-14(18)10-6-7-16-9-11(10)15/h3,5-9,12H,2,4,15H2,1H3,(H,17,18). The first-order chi connectivity index (χ1) is 9.22. The van der Waals surface area contributed by atoms with Gasteiger partial charge in [-0.05, 0) is 23.9 Å². The maximum absolute atomic E-state index is 12.2. The van der Waals surface area contributed by atoms with Crippen LogP contribution in [0.25, 0.3) is 0 Å². The highest BCUT2D eigenvalue weighted by Crippen LogP contribution is 2.24. The Labute approximate surface area is 116 Å². The van der Waals surface area contributed by atoms with Crippen molar-refractivity contribution in [3.8, 4) is 0 Å².